The van der Waals surface area contributed by atoms with E-state index in [2.05, 4.69) is 10.6 Å². The average Bonchev–Trinajstić information content (AvgIpc) is 3.63. The molecule has 0 spiro atoms. The number of carbonyl (C=O) groups is 3. The minimum atomic E-state index is -3.95. The minimum Gasteiger partial charge on any atom is -0.349 e. The number of benzene rings is 2. The summed E-state index contributed by atoms with van der Waals surface area (Å²) in [4.78, 5) is 37.2. The van der Waals surface area contributed by atoms with Gasteiger partial charge < -0.3 is 10.6 Å². The van der Waals surface area contributed by atoms with Crippen molar-refractivity contribution in [1.82, 2.24) is 9.62 Å². The third-order valence-corrected chi connectivity index (χ3v) is 7.66. The number of nitrogens with zero attached hydrogens (tertiary/aromatic N) is 1. The predicted molar refractivity (Wildman–Crippen MR) is 113 cm³/mol. The quantitative estimate of drug-likeness (QED) is 0.713. The Morgan fingerprint density at radius 3 is 2.39 bits per heavy atom. The molecule has 3 aliphatic rings. The molecule has 160 valence electrons. The first-order chi connectivity index (χ1) is 14.8. The van der Waals surface area contributed by atoms with Crippen LogP contribution in [0.15, 0.2) is 41.3 Å². The Balaban J connectivity index is 1.36. The number of hydrogen-bond donors (Lipinski definition) is 2. The summed E-state index contributed by atoms with van der Waals surface area (Å²) in [6.45, 7) is 0. The summed E-state index contributed by atoms with van der Waals surface area (Å²) in [7, 11) is -3.95. The van der Waals surface area contributed by atoms with E-state index >= 15 is 0 Å². The first kappa shape index (κ1) is 20.0. The van der Waals surface area contributed by atoms with Gasteiger partial charge in [-0.15, -0.1) is 0 Å². The van der Waals surface area contributed by atoms with Gasteiger partial charge in [0.1, 0.15) is 4.90 Å². The van der Waals surface area contributed by atoms with Crippen molar-refractivity contribution >= 4 is 45.0 Å². The van der Waals surface area contributed by atoms with E-state index in [0.717, 1.165) is 17.1 Å². The second-order valence-corrected chi connectivity index (χ2v) is 10.1. The van der Waals surface area contributed by atoms with Gasteiger partial charge in [-0.05, 0) is 62.1 Å². The molecule has 0 bridgehead atoms. The zero-order chi connectivity index (χ0) is 21.9. The zero-order valence-corrected chi connectivity index (χ0v) is 17.8. The number of rotatable bonds is 5. The summed E-state index contributed by atoms with van der Waals surface area (Å²) < 4.78 is 26.4. The van der Waals surface area contributed by atoms with Gasteiger partial charge in [0.05, 0.1) is 16.1 Å². The molecule has 3 amide bonds. The zero-order valence-electron chi connectivity index (χ0n) is 16.2. The fourth-order valence-corrected chi connectivity index (χ4v) is 5.64. The molecule has 1 aliphatic heterocycles. The van der Waals surface area contributed by atoms with E-state index in [4.69, 9.17) is 11.6 Å². The second kappa shape index (κ2) is 7.06. The lowest BCUT2D eigenvalue weighted by molar-refractivity contribution is 0.0863. The molecule has 5 rings (SSSR count). The van der Waals surface area contributed by atoms with Crippen LogP contribution in [0.1, 0.15) is 56.8 Å². The van der Waals surface area contributed by atoms with Gasteiger partial charge in [0.25, 0.3) is 27.7 Å². The number of sulfonamides is 1. The maximum absolute atomic E-state index is 12.8. The SMILES string of the molecule is O=C(Nc1ccc(C(=O)NC2CC2)c(Cl)c1)c1ccc2c(c1)S(=O)(=O)N(C1CC1)C2=O. The van der Waals surface area contributed by atoms with E-state index in [0.29, 0.717) is 24.1 Å². The van der Waals surface area contributed by atoms with Crippen LogP contribution in [0.3, 0.4) is 0 Å². The van der Waals surface area contributed by atoms with Crippen LogP contribution in [0.5, 0.6) is 0 Å². The van der Waals surface area contributed by atoms with Gasteiger partial charge in [-0.25, -0.2) is 12.7 Å². The molecular formula is C21H18ClN3O5S. The van der Waals surface area contributed by atoms with Gasteiger partial charge in [0, 0.05) is 23.3 Å². The highest BCUT2D eigenvalue weighted by molar-refractivity contribution is 7.90. The van der Waals surface area contributed by atoms with Crippen molar-refractivity contribution in [2.75, 3.05) is 5.32 Å². The van der Waals surface area contributed by atoms with Gasteiger partial charge >= 0.3 is 0 Å². The number of halogens is 1. The second-order valence-electron chi connectivity index (χ2n) is 7.94. The molecule has 0 aromatic heterocycles. The fraction of sp³-hybridized carbons (Fsp3) is 0.286. The van der Waals surface area contributed by atoms with Crippen LogP contribution >= 0.6 is 11.6 Å². The Kier molecular flexibility index (Phi) is 4.56. The molecule has 2 fully saturated rings. The Morgan fingerprint density at radius 2 is 1.74 bits per heavy atom. The van der Waals surface area contributed by atoms with Crippen LogP contribution in [0.2, 0.25) is 5.02 Å². The van der Waals surface area contributed by atoms with Crippen LogP contribution < -0.4 is 10.6 Å². The summed E-state index contributed by atoms with van der Waals surface area (Å²) in [6, 6.07) is 8.44. The van der Waals surface area contributed by atoms with E-state index in [9.17, 15) is 22.8 Å². The highest BCUT2D eigenvalue weighted by atomic mass is 35.5. The van der Waals surface area contributed by atoms with Crippen LogP contribution in [0.25, 0.3) is 0 Å². The molecule has 10 heteroatoms. The van der Waals surface area contributed by atoms with E-state index in [1.807, 2.05) is 0 Å². The Hall–Kier alpha value is -2.91. The molecule has 0 unspecified atom stereocenters. The molecule has 31 heavy (non-hydrogen) atoms. The Labute approximate surface area is 183 Å². The first-order valence-corrected chi connectivity index (χ1v) is 11.7. The summed E-state index contributed by atoms with van der Waals surface area (Å²) in [5, 5.41) is 5.69. The number of amides is 3. The topological polar surface area (TPSA) is 113 Å². The molecule has 2 aliphatic carbocycles. The van der Waals surface area contributed by atoms with E-state index in [-0.39, 0.29) is 39.0 Å². The van der Waals surface area contributed by atoms with Crippen molar-refractivity contribution in [3.05, 3.63) is 58.1 Å². The van der Waals surface area contributed by atoms with Crippen LogP contribution in [0.4, 0.5) is 5.69 Å². The van der Waals surface area contributed by atoms with Crippen LogP contribution in [-0.2, 0) is 10.0 Å². The van der Waals surface area contributed by atoms with E-state index in [1.165, 1.54) is 30.3 Å². The van der Waals surface area contributed by atoms with Crippen LogP contribution in [-0.4, -0.2) is 42.5 Å². The first-order valence-electron chi connectivity index (χ1n) is 9.90. The lowest BCUT2D eigenvalue weighted by Crippen LogP contribution is -2.31. The number of hydrogen-bond acceptors (Lipinski definition) is 5. The van der Waals surface area contributed by atoms with Crippen molar-refractivity contribution in [3.63, 3.8) is 0 Å². The van der Waals surface area contributed by atoms with Crippen molar-refractivity contribution in [2.45, 2.75) is 42.7 Å². The van der Waals surface area contributed by atoms with Crippen molar-refractivity contribution in [2.24, 2.45) is 0 Å². The number of anilines is 1. The molecule has 2 aromatic rings. The van der Waals surface area contributed by atoms with Gasteiger partial charge in [0.15, 0.2) is 0 Å². The number of fused-ring (bicyclic) bond motifs is 1. The summed E-state index contributed by atoms with van der Waals surface area (Å²) in [5.41, 5.74) is 0.850. The van der Waals surface area contributed by atoms with Gasteiger partial charge in [-0.2, -0.15) is 0 Å². The lowest BCUT2D eigenvalue weighted by atomic mass is 10.1. The van der Waals surface area contributed by atoms with Gasteiger partial charge in [0.2, 0.25) is 0 Å². The predicted octanol–water partition coefficient (Wildman–Crippen LogP) is 2.79. The molecule has 0 saturated heterocycles. The highest BCUT2D eigenvalue weighted by Crippen LogP contribution is 2.39. The smallest absolute Gasteiger partial charge is 0.269 e. The number of nitrogens with one attached hydrogen (secondary N) is 2. The highest BCUT2D eigenvalue weighted by Gasteiger charge is 2.48. The molecule has 2 N–H and O–H groups in total. The summed E-state index contributed by atoms with van der Waals surface area (Å²) in [6.07, 6.45) is 3.22. The van der Waals surface area contributed by atoms with Crippen molar-refractivity contribution < 1.29 is 22.8 Å². The van der Waals surface area contributed by atoms with Crippen molar-refractivity contribution in [1.29, 1.82) is 0 Å². The van der Waals surface area contributed by atoms with E-state index in [1.54, 1.807) is 6.07 Å². The van der Waals surface area contributed by atoms with Gasteiger partial charge in [-0.1, -0.05) is 11.6 Å². The molecule has 8 nitrogen and oxygen atoms in total. The normalized spacial score (nSPS) is 19.1. The summed E-state index contributed by atoms with van der Waals surface area (Å²) in [5.74, 6) is -1.36. The molecule has 2 aromatic carbocycles. The minimum absolute atomic E-state index is 0.0810. The Bertz CT molecular complexity index is 1250. The third-order valence-electron chi connectivity index (χ3n) is 5.47. The lowest BCUT2D eigenvalue weighted by Gasteiger charge is -2.13. The van der Waals surface area contributed by atoms with E-state index < -0.39 is 21.8 Å². The third kappa shape index (κ3) is 3.57. The maximum atomic E-state index is 12.8. The van der Waals surface area contributed by atoms with Gasteiger partial charge in [-0.3, -0.25) is 14.4 Å². The average molecular weight is 460 g/mol. The maximum Gasteiger partial charge on any atom is 0.269 e. The largest absolute Gasteiger partial charge is 0.349 e. The summed E-state index contributed by atoms with van der Waals surface area (Å²) >= 11 is 6.20. The molecule has 2 saturated carbocycles. The molecular weight excluding hydrogens is 442 g/mol. The standard InChI is InChI=1S/C21H18ClN3O5S/c22-17-10-13(4-8-15(17)20(27)23-12-2-3-12)24-19(26)11-1-7-16-18(9-11)31(29,30)25(21(16)28)14-5-6-14/h1,4,7-10,12,14H,2-3,5-6H2,(H,23,27)(H,24,26). The molecule has 0 radical (unpaired) electrons. The fourth-order valence-electron chi connectivity index (χ4n) is 3.53. The molecule has 0 atom stereocenters. The van der Waals surface area contributed by atoms with Crippen molar-refractivity contribution in [3.8, 4) is 0 Å². The van der Waals surface area contributed by atoms with Crippen LogP contribution in [0, 0.1) is 0 Å². The Morgan fingerprint density at radius 1 is 1.00 bits per heavy atom. The molecule has 1 heterocycles. The number of carbonyl (C=O) groups excluding carboxylic acids is 3. The monoisotopic (exact) mass is 459 g/mol.